The molecule has 0 bridgehead atoms. The summed E-state index contributed by atoms with van der Waals surface area (Å²) in [4.78, 5) is 14.9. The van der Waals surface area contributed by atoms with Gasteiger partial charge in [0.05, 0.1) is 13.2 Å². The zero-order valence-electron chi connectivity index (χ0n) is 19.2. The van der Waals surface area contributed by atoms with Gasteiger partial charge in [0.25, 0.3) is 10.0 Å². The largest absolute Gasteiger partial charge is 0.497 e. The van der Waals surface area contributed by atoms with E-state index < -0.39 is 21.6 Å². The number of benzene rings is 3. The van der Waals surface area contributed by atoms with E-state index in [-0.39, 0.29) is 16.3 Å². The molecule has 0 radical (unpaired) electrons. The lowest BCUT2D eigenvalue weighted by Crippen LogP contribution is -2.48. The summed E-state index contributed by atoms with van der Waals surface area (Å²) in [7, 11) is -2.77. The van der Waals surface area contributed by atoms with E-state index in [1.165, 1.54) is 12.1 Å². The number of nitrogens with one attached hydrogen (secondary N) is 2. The van der Waals surface area contributed by atoms with E-state index >= 15 is 0 Å². The highest BCUT2D eigenvalue weighted by molar-refractivity contribution is 7.90. The summed E-state index contributed by atoms with van der Waals surface area (Å²) in [5.41, 5.74) is 1.09. The number of diazo groups is 1. The molecule has 3 aromatic carbocycles. The van der Waals surface area contributed by atoms with Crippen LogP contribution in [0.2, 0.25) is 0 Å². The van der Waals surface area contributed by atoms with Gasteiger partial charge in [-0.3, -0.25) is 0 Å². The molecular formula is C24H25N4O5S+. The molecule has 2 N–H and O–H groups in total. The van der Waals surface area contributed by atoms with Crippen molar-refractivity contribution in [2.24, 2.45) is 0 Å². The molecule has 0 atom stereocenters. The number of hydrogen-bond acceptors (Lipinski definition) is 6. The molecule has 0 saturated carbocycles. The SMILES string of the molecule is COc1ccc(-c2cccc(Oc3ccc([N+]#N)cc3S(=O)(=O)NC(=O)NC(C)(C)C)c2)cc1. The molecule has 9 nitrogen and oxygen atoms in total. The monoisotopic (exact) mass is 481 g/mol. The van der Waals surface area contributed by atoms with Gasteiger partial charge < -0.3 is 14.8 Å². The maximum atomic E-state index is 13.0. The number of urea groups is 1. The minimum absolute atomic E-state index is 0.0176. The second kappa shape index (κ2) is 9.80. The third-order valence-corrected chi connectivity index (χ3v) is 5.89. The number of methoxy groups -OCH3 is 1. The topological polar surface area (TPSA) is 122 Å². The average molecular weight is 482 g/mol. The highest BCUT2D eigenvalue weighted by Gasteiger charge is 2.27. The van der Waals surface area contributed by atoms with Crippen LogP contribution in [0.15, 0.2) is 71.6 Å². The summed E-state index contributed by atoms with van der Waals surface area (Å²) in [5, 5.41) is 11.6. The molecule has 0 saturated heterocycles. The molecule has 0 heterocycles. The Balaban J connectivity index is 1.94. The van der Waals surface area contributed by atoms with Crippen molar-refractivity contribution < 1.29 is 22.7 Å². The maximum absolute atomic E-state index is 13.0. The van der Waals surface area contributed by atoms with E-state index in [0.29, 0.717) is 5.75 Å². The number of carbonyl (C=O) groups excluding carboxylic acids is 1. The van der Waals surface area contributed by atoms with Gasteiger partial charge in [-0.05, 0) is 62.2 Å². The zero-order valence-corrected chi connectivity index (χ0v) is 20.0. The quantitative estimate of drug-likeness (QED) is 0.453. The lowest BCUT2D eigenvalue weighted by Gasteiger charge is -2.21. The van der Waals surface area contributed by atoms with E-state index in [9.17, 15) is 13.2 Å². The van der Waals surface area contributed by atoms with E-state index in [1.807, 2.05) is 35.1 Å². The highest BCUT2D eigenvalue weighted by Crippen LogP contribution is 2.34. The Morgan fingerprint density at radius 3 is 2.26 bits per heavy atom. The minimum atomic E-state index is -4.36. The van der Waals surface area contributed by atoms with Crippen LogP contribution in [0.1, 0.15) is 20.8 Å². The van der Waals surface area contributed by atoms with Gasteiger partial charge in [-0.25, -0.2) is 17.9 Å². The summed E-state index contributed by atoms with van der Waals surface area (Å²) >= 11 is 0. The summed E-state index contributed by atoms with van der Waals surface area (Å²) in [6, 6.07) is 17.5. The van der Waals surface area contributed by atoms with E-state index in [1.54, 1.807) is 46.1 Å². The van der Waals surface area contributed by atoms with Crippen molar-refractivity contribution >= 4 is 21.7 Å². The van der Waals surface area contributed by atoms with Crippen molar-refractivity contribution in [1.82, 2.24) is 10.0 Å². The van der Waals surface area contributed by atoms with Crippen molar-refractivity contribution in [3.63, 3.8) is 0 Å². The third kappa shape index (κ3) is 6.24. The van der Waals surface area contributed by atoms with Crippen LogP contribution in [0.4, 0.5) is 10.5 Å². The fourth-order valence-corrected chi connectivity index (χ4v) is 4.10. The number of rotatable bonds is 6. The Hall–Kier alpha value is -4.10. The van der Waals surface area contributed by atoms with Gasteiger partial charge in [-0.2, -0.15) is 0 Å². The summed E-state index contributed by atoms with van der Waals surface area (Å²) in [5.74, 6) is 1.05. The van der Waals surface area contributed by atoms with Crippen LogP contribution in [0.3, 0.4) is 0 Å². The van der Waals surface area contributed by atoms with Gasteiger partial charge in [-0.15, -0.1) is 0 Å². The normalized spacial score (nSPS) is 11.3. The Kier molecular flexibility index (Phi) is 7.08. The molecule has 2 amide bonds. The molecule has 0 fully saturated rings. The van der Waals surface area contributed by atoms with Crippen molar-refractivity contribution in [2.45, 2.75) is 31.2 Å². The van der Waals surface area contributed by atoms with Gasteiger partial charge >= 0.3 is 11.7 Å². The first-order valence-corrected chi connectivity index (χ1v) is 11.8. The smallest absolute Gasteiger partial charge is 0.386 e. The first-order chi connectivity index (χ1) is 16.0. The van der Waals surface area contributed by atoms with E-state index in [2.05, 4.69) is 10.3 Å². The lowest BCUT2D eigenvalue weighted by atomic mass is 10.1. The van der Waals surface area contributed by atoms with Crippen molar-refractivity contribution in [1.29, 1.82) is 5.39 Å². The molecule has 0 unspecified atom stereocenters. The summed E-state index contributed by atoms with van der Waals surface area (Å²) < 4.78 is 39.0. The standard InChI is InChI=1S/C24H24N4O5S/c1-24(2,3)26-23(29)28-34(30,31)22-15-18(27-25)10-13-21(22)33-20-7-5-6-17(14-20)16-8-11-19(32-4)12-9-16/h5-15H,1-4H3,(H-,26,28,29)/p+1. The second-order valence-electron chi connectivity index (χ2n) is 8.40. The second-order valence-corrected chi connectivity index (χ2v) is 10.0. The molecule has 34 heavy (non-hydrogen) atoms. The molecule has 3 aromatic rings. The number of ether oxygens (including phenoxy) is 2. The number of nitrogens with zero attached hydrogens (tertiary/aromatic N) is 2. The maximum Gasteiger partial charge on any atom is 0.386 e. The van der Waals surface area contributed by atoms with Crippen LogP contribution < -0.4 is 19.5 Å². The fourth-order valence-electron chi connectivity index (χ4n) is 3.05. The minimum Gasteiger partial charge on any atom is -0.497 e. The van der Waals surface area contributed by atoms with Gasteiger partial charge in [0.1, 0.15) is 22.1 Å². The van der Waals surface area contributed by atoms with Crippen molar-refractivity contribution in [3.05, 3.63) is 71.7 Å². The summed E-state index contributed by atoms with van der Waals surface area (Å²) in [6.45, 7) is 5.15. The Morgan fingerprint density at radius 1 is 0.941 bits per heavy atom. The number of amides is 2. The zero-order chi connectivity index (χ0) is 24.9. The lowest BCUT2D eigenvalue weighted by molar-refractivity contribution is 0.237. The number of carbonyl (C=O) groups is 1. The Morgan fingerprint density at radius 2 is 1.65 bits per heavy atom. The molecule has 10 heteroatoms. The van der Waals surface area contributed by atoms with Gasteiger partial charge in [0.2, 0.25) is 5.39 Å². The van der Waals surface area contributed by atoms with Crippen LogP contribution in [-0.4, -0.2) is 27.1 Å². The van der Waals surface area contributed by atoms with E-state index in [4.69, 9.17) is 14.9 Å². The molecule has 3 rings (SSSR count). The molecule has 0 aliphatic carbocycles. The van der Waals surface area contributed by atoms with Crippen LogP contribution in [0.5, 0.6) is 17.2 Å². The highest BCUT2D eigenvalue weighted by atomic mass is 32.2. The number of hydrogen-bond donors (Lipinski definition) is 2. The van der Waals surface area contributed by atoms with Crippen LogP contribution in [0, 0.1) is 5.39 Å². The third-order valence-electron chi connectivity index (χ3n) is 4.53. The van der Waals surface area contributed by atoms with Gasteiger partial charge in [0, 0.05) is 11.6 Å². The molecule has 0 aliphatic rings. The van der Waals surface area contributed by atoms with E-state index in [0.717, 1.165) is 22.9 Å². The summed E-state index contributed by atoms with van der Waals surface area (Å²) in [6.07, 6.45) is 0. The Labute approximate surface area is 198 Å². The first-order valence-electron chi connectivity index (χ1n) is 10.3. The van der Waals surface area contributed by atoms with Crippen molar-refractivity contribution in [2.75, 3.05) is 7.11 Å². The van der Waals surface area contributed by atoms with Crippen LogP contribution in [-0.2, 0) is 10.0 Å². The van der Waals surface area contributed by atoms with Crippen molar-refractivity contribution in [3.8, 4) is 28.4 Å². The first kappa shape index (κ1) is 24.5. The molecule has 176 valence electrons. The Bertz CT molecular complexity index is 1340. The van der Waals surface area contributed by atoms with Crippen LogP contribution >= 0.6 is 0 Å². The fraction of sp³-hybridized carbons (Fsp3) is 0.208. The number of sulfonamides is 1. The predicted octanol–water partition coefficient (Wildman–Crippen LogP) is 5.43. The predicted molar refractivity (Wildman–Crippen MR) is 128 cm³/mol. The van der Waals surface area contributed by atoms with Gasteiger partial charge in [0.15, 0.2) is 4.98 Å². The average Bonchev–Trinajstić information content (AvgIpc) is 2.78. The molecule has 0 aromatic heterocycles. The molecular weight excluding hydrogens is 456 g/mol. The molecule has 0 aliphatic heterocycles. The van der Waals surface area contributed by atoms with Gasteiger partial charge in [-0.1, -0.05) is 24.3 Å². The van der Waals surface area contributed by atoms with Crippen LogP contribution in [0.25, 0.3) is 16.1 Å². The molecule has 0 spiro atoms.